The summed E-state index contributed by atoms with van der Waals surface area (Å²) < 4.78 is 5.10. The molecule has 2 N–H and O–H groups in total. The number of amides is 1. The molecule has 0 heterocycles. The van der Waals surface area contributed by atoms with Crippen molar-refractivity contribution in [2.45, 2.75) is 6.54 Å². The molecule has 0 atom stereocenters. The molecule has 1 aromatic carbocycles. The molecule has 0 aliphatic heterocycles. The van der Waals surface area contributed by atoms with Gasteiger partial charge in [0.05, 0.1) is 19.2 Å². The smallest absolute Gasteiger partial charge is 0.233 e. The minimum Gasteiger partial charge on any atom is -0.495 e. The first kappa shape index (κ1) is 13.0. The maximum absolute atomic E-state index is 11.0. The molecule has 0 aliphatic carbocycles. The largest absolute Gasteiger partial charge is 0.495 e. The molecule has 1 rings (SSSR count). The maximum atomic E-state index is 11.0. The molecule has 5 heteroatoms. The number of hydrogen-bond donors (Lipinski definition) is 2. The Morgan fingerprint density at radius 2 is 2.29 bits per heavy atom. The van der Waals surface area contributed by atoms with Crippen LogP contribution in [0.2, 0.25) is 0 Å². The molecule has 0 saturated heterocycles. The molecular formula is C12H15N3O2. The summed E-state index contributed by atoms with van der Waals surface area (Å²) in [6.45, 7) is 0.814. The Bertz CT molecular complexity index is 438. The molecule has 1 aromatic rings. The van der Waals surface area contributed by atoms with Gasteiger partial charge in [-0.15, -0.1) is 0 Å². The van der Waals surface area contributed by atoms with Crippen LogP contribution in [0.5, 0.6) is 5.75 Å². The van der Waals surface area contributed by atoms with Gasteiger partial charge in [-0.3, -0.25) is 4.79 Å². The molecule has 0 fully saturated rings. The second-order valence-corrected chi connectivity index (χ2v) is 3.42. The highest BCUT2D eigenvalue weighted by atomic mass is 16.5. The van der Waals surface area contributed by atoms with Gasteiger partial charge in [0.1, 0.15) is 11.8 Å². The van der Waals surface area contributed by atoms with Gasteiger partial charge in [0.25, 0.3) is 0 Å². The van der Waals surface area contributed by atoms with E-state index in [2.05, 4.69) is 10.6 Å². The topological polar surface area (TPSA) is 74.2 Å². The molecule has 0 spiro atoms. The zero-order valence-electron chi connectivity index (χ0n) is 9.91. The lowest BCUT2D eigenvalue weighted by molar-refractivity contribution is -0.119. The van der Waals surface area contributed by atoms with Gasteiger partial charge in [-0.05, 0) is 17.7 Å². The molecule has 0 aromatic heterocycles. The quantitative estimate of drug-likeness (QED) is 0.772. The van der Waals surface area contributed by atoms with Gasteiger partial charge in [-0.2, -0.15) is 5.26 Å². The fourth-order valence-corrected chi connectivity index (χ4v) is 1.35. The van der Waals surface area contributed by atoms with Crippen molar-refractivity contribution >= 4 is 5.91 Å². The van der Waals surface area contributed by atoms with Crippen molar-refractivity contribution < 1.29 is 9.53 Å². The van der Waals surface area contributed by atoms with E-state index in [9.17, 15) is 4.79 Å². The minimum atomic E-state index is -0.0642. The number of benzene rings is 1. The number of ether oxygens (including phenoxy) is 1. The van der Waals surface area contributed by atoms with Crippen molar-refractivity contribution in [2.24, 2.45) is 0 Å². The lowest BCUT2D eigenvalue weighted by Gasteiger charge is -2.07. The van der Waals surface area contributed by atoms with E-state index in [1.54, 1.807) is 19.2 Å². The zero-order valence-corrected chi connectivity index (χ0v) is 9.91. The van der Waals surface area contributed by atoms with Gasteiger partial charge < -0.3 is 15.4 Å². The molecule has 5 nitrogen and oxygen atoms in total. The molecule has 0 bridgehead atoms. The third kappa shape index (κ3) is 3.78. The highest BCUT2D eigenvalue weighted by Gasteiger charge is 2.04. The van der Waals surface area contributed by atoms with Crippen LogP contribution in [-0.4, -0.2) is 26.6 Å². The van der Waals surface area contributed by atoms with E-state index in [0.29, 0.717) is 17.9 Å². The fourth-order valence-electron chi connectivity index (χ4n) is 1.35. The third-order valence-corrected chi connectivity index (χ3v) is 2.28. The van der Waals surface area contributed by atoms with Gasteiger partial charge in [0.15, 0.2) is 0 Å². The van der Waals surface area contributed by atoms with Gasteiger partial charge in [0, 0.05) is 13.6 Å². The lowest BCUT2D eigenvalue weighted by atomic mass is 10.1. The van der Waals surface area contributed by atoms with E-state index in [0.717, 1.165) is 5.56 Å². The Balaban J connectivity index is 2.61. The number of nitrogens with zero attached hydrogens (tertiary/aromatic N) is 1. The number of carbonyl (C=O) groups excluding carboxylic acids is 1. The predicted molar refractivity (Wildman–Crippen MR) is 63.5 cm³/mol. The second kappa shape index (κ2) is 6.51. The van der Waals surface area contributed by atoms with Crippen molar-refractivity contribution in [2.75, 3.05) is 20.7 Å². The third-order valence-electron chi connectivity index (χ3n) is 2.28. The summed E-state index contributed by atoms with van der Waals surface area (Å²) in [5.41, 5.74) is 1.47. The Kier molecular flexibility index (Phi) is 4.98. The molecule has 1 amide bonds. The molecular weight excluding hydrogens is 218 g/mol. The summed E-state index contributed by atoms with van der Waals surface area (Å²) in [5, 5.41) is 14.3. The van der Waals surface area contributed by atoms with E-state index in [1.165, 1.54) is 7.11 Å². The minimum absolute atomic E-state index is 0.0642. The van der Waals surface area contributed by atoms with E-state index in [4.69, 9.17) is 10.00 Å². The van der Waals surface area contributed by atoms with Crippen molar-refractivity contribution in [1.82, 2.24) is 10.6 Å². The normalized spacial score (nSPS) is 9.47. The molecule has 0 saturated carbocycles. The van der Waals surface area contributed by atoms with E-state index in [1.807, 2.05) is 12.1 Å². The van der Waals surface area contributed by atoms with Crippen molar-refractivity contribution in [1.29, 1.82) is 5.26 Å². The van der Waals surface area contributed by atoms with Gasteiger partial charge >= 0.3 is 0 Å². The number of likely N-dealkylation sites (N-methyl/N-ethyl adjacent to an activating group) is 1. The molecule has 90 valence electrons. The standard InChI is InChI=1S/C12H15N3O2/c1-14-12(16)8-15-7-9-3-4-10(6-13)11(5-9)17-2/h3-5,15H,7-8H2,1-2H3,(H,14,16). The summed E-state index contributed by atoms with van der Waals surface area (Å²) >= 11 is 0. The van der Waals surface area contributed by atoms with E-state index < -0.39 is 0 Å². The number of nitrogens with one attached hydrogen (secondary N) is 2. The number of carbonyl (C=O) groups is 1. The zero-order chi connectivity index (χ0) is 12.7. The van der Waals surface area contributed by atoms with Crippen LogP contribution in [0, 0.1) is 11.3 Å². The first-order chi connectivity index (χ1) is 8.21. The lowest BCUT2D eigenvalue weighted by Crippen LogP contribution is -2.30. The van der Waals surface area contributed by atoms with Crippen molar-refractivity contribution in [3.8, 4) is 11.8 Å². The summed E-state index contributed by atoms with van der Waals surface area (Å²) in [7, 11) is 3.12. The number of hydrogen-bond acceptors (Lipinski definition) is 4. The molecule has 0 radical (unpaired) electrons. The molecule has 0 unspecified atom stereocenters. The first-order valence-electron chi connectivity index (χ1n) is 5.19. The van der Waals surface area contributed by atoms with E-state index in [-0.39, 0.29) is 12.5 Å². The molecule has 17 heavy (non-hydrogen) atoms. The van der Waals surface area contributed by atoms with Crippen molar-refractivity contribution in [3.63, 3.8) is 0 Å². The van der Waals surface area contributed by atoms with Crippen LogP contribution < -0.4 is 15.4 Å². The van der Waals surface area contributed by atoms with Gasteiger partial charge in [-0.1, -0.05) is 6.07 Å². The maximum Gasteiger partial charge on any atom is 0.233 e. The summed E-state index contributed by atoms with van der Waals surface area (Å²) in [5.74, 6) is 0.484. The SMILES string of the molecule is CNC(=O)CNCc1ccc(C#N)c(OC)c1. The van der Waals surface area contributed by atoms with Crippen LogP contribution in [-0.2, 0) is 11.3 Å². The summed E-state index contributed by atoms with van der Waals surface area (Å²) in [6, 6.07) is 7.37. The van der Waals surface area contributed by atoms with Gasteiger partial charge in [0.2, 0.25) is 5.91 Å². The Hall–Kier alpha value is -2.06. The molecule has 0 aliphatic rings. The fraction of sp³-hybridized carbons (Fsp3) is 0.333. The Morgan fingerprint density at radius 3 is 2.88 bits per heavy atom. The highest BCUT2D eigenvalue weighted by molar-refractivity contribution is 5.77. The van der Waals surface area contributed by atoms with Crippen LogP contribution in [0.25, 0.3) is 0 Å². The Morgan fingerprint density at radius 1 is 1.53 bits per heavy atom. The number of nitriles is 1. The number of rotatable bonds is 5. The summed E-state index contributed by atoms with van der Waals surface area (Å²) in [6.07, 6.45) is 0. The average Bonchev–Trinajstić information content (AvgIpc) is 2.38. The first-order valence-corrected chi connectivity index (χ1v) is 5.19. The predicted octanol–water partition coefficient (Wildman–Crippen LogP) is 0.402. The number of methoxy groups -OCH3 is 1. The van der Waals surface area contributed by atoms with Crippen molar-refractivity contribution in [3.05, 3.63) is 29.3 Å². The average molecular weight is 233 g/mol. The van der Waals surface area contributed by atoms with Gasteiger partial charge in [-0.25, -0.2) is 0 Å². The van der Waals surface area contributed by atoms with Crippen LogP contribution in [0.1, 0.15) is 11.1 Å². The van der Waals surface area contributed by atoms with E-state index >= 15 is 0 Å². The highest BCUT2D eigenvalue weighted by Crippen LogP contribution is 2.18. The Labute approximate surface area is 100 Å². The van der Waals surface area contributed by atoms with Crippen LogP contribution in [0.3, 0.4) is 0 Å². The van der Waals surface area contributed by atoms with Crippen LogP contribution >= 0.6 is 0 Å². The van der Waals surface area contributed by atoms with Crippen LogP contribution in [0.4, 0.5) is 0 Å². The monoisotopic (exact) mass is 233 g/mol. The summed E-state index contributed by atoms with van der Waals surface area (Å²) in [4.78, 5) is 11.0. The second-order valence-electron chi connectivity index (χ2n) is 3.42. The van der Waals surface area contributed by atoms with Crippen LogP contribution in [0.15, 0.2) is 18.2 Å².